The Hall–Kier alpha value is -1.23. The maximum absolute atomic E-state index is 11.9. The second-order valence-electron chi connectivity index (χ2n) is 4.37. The van der Waals surface area contributed by atoms with Gasteiger partial charge in [0, 0.05) is 15.7 Å². The van der Waals surface area contributed by atoms with E-state index in [-0.39, 0.29) is 12.5 Å². The molecule has 1 amide bonds. The van der Waals surface area contributed by atoms with Gasteiger partial charge in [0.25, 0.3) is 5.91 Å². The molecule has 3 nitrogen and oxygen atoms in total. The van der Waals surface area contributed by atoms with Gasteiger partial charge in [-0.25, -0.2) is 0 Å². The standard InChI is InChI=1S/C15H12BrCl2NO2/c1-9-2-3-11(18)7-13(9)19-15(20)8-21-14-5-4-10(17)6-12(14)16/h2-7H,8H2,1H3,(H,19,20). The maximum Gasteiger partial charge on any atom is 0.262 e. The average Bonchev–Trinajstić information content (AvgIpc) is 2.42. The highest BCUT2D eigenvalue weighted by atomic mass is 79.9. The second kappa shape index (κ2) is 7.16. The monoisotopic (exact) mass is 387 g/mol. The van der Waals surface area contributed by atoms with Gasteiger partial charge in [-0.1, -0.05) is 29.3 Å². The normalized spacial score (nSPS) is 10.3. The van der Waals surface area contributed by atoms with Crippen LogP contribution in [-0.2, 0) is 4.79 Å². The number of anilines is 1. The van der Waals surface area contributed by atoms with Crippen LogP contribution >= 0.6 is 39.1 Å². The molecule has 0 fully saturated rings. The van der Waals surface area contributed by atoms with Gasteiger partial charge in [0.15, 0.2) is 6.61 Å². The maximum atomic E-state index is 11.9. The predicted molar refractivity (Wildman–Crippen MR) is 89.5 cm³/mol. The molecule has 6 heteroatoms. The van der Waals surface area contributed by atoms with Crippen LogP contribution in [0.15, 0.2) is 40.9 Å². The zero-order valence-electron chi connectivity index (χ0n) is 11.1. The van der Waals surface area contributed by atoms with Crippen molar-refractivity contribution < 1.29 is 9.53 Å². The lowest BCUT2D eigenvalue weighted by Gasteiger charge is -2.11. The van der Waals surface area contributed by atoms with E-state index in [1.165, 1.54) is 0 Å². The van der Waals surface area contributed by atoms with Crippen molar-refractivity contribution in [3.05, 3.63) is 56.5 Å². The second-order valence-corrected chi connectivity index (χ2v) is 6.10. The summed E-state index contributed by atoms with van der Waals surface area (Å²) in [6, 6.07) is 10.4. The van der Waals surface area contributed by atoms with E-state index in [4.69, 9.17) is 27.9 Å². The molecule has 0 aliphatic carbocycles. The Bertz CT molecular complexity index is 677. The van der Waals surface area contributed by atoms with E-state index in [0.29, 0.717) is 26.0 Å². The first-order valence-electron chi connectivity index (χ1n) is 6.09. The Morgan fingerprint density at radius 1 is 1.19 bits per heavy atom. The molecule has 0 radical (unpaired) electrons. The number of ether oxygens (including phenoxy) is 1. The Morgan fingerprint density at radius 2 is 1.86 bits per heavy atom. The third kappa shape index (κ3) is 4.63. The Labute approximate surface area is 141 Å². The number of hydrogen-bond acceptors (Lipinski definition) is 2. The van der Waals surface area contributed by atoms with E-state index in [0.717, 1.165) is 5.56 Å². The number of halogens is 3. The van der Waals surface area contributed by atoms with Gasteiger partial charge in [-0.3, -0.25) is 4.79 Å². The summed E-state index contributed by atoms with van der Waals surface area (Å²) in [5, 5.41) is 3.92. The molecule has 0 saturated carbocycles. The summed E-state index contributed by atoms with van der Waals surface area (Å²) in [5.74, 6) is 0.291. The van der Waals surface area contributed by atoms with Crippen molar-refractivity contribution in [3.8, 4) is 5.75 Å². The first-order valence-corrected chi connectivity index (χ1v) is 7.64. The summed E-state index contributed by atoms with van der Waals surface area (Å²) in [4.78, 5) is 11.9. The third-order valence-corrected chi connectivity index (χ3v) is 3.82. The zero-order chi connectivity index (χ0) is 15.4. The number of benzene rings is 2. The Balaban J connectivity index is 1.97. The van der Waals surface area contributed by atoms with Crippen molar-refractivity contribution in [2.24, 2.45) is 0 Å². The van der Waals surface area contributed by atoms with Gasteiger partial charge in [0.05, 0.1) is 4.47 Å². The van der Waals surface area contributed by atoms with Crippen molar-refractivity contribution in [1.82, 2.24) is 0 Å². The molecule has 1 N–H and O–H groups in total. The molecule has 0 unspecified atom stereocenters. The molecule has 0 aliphatic heterocycles. The van der Waals surface area contributed by atoms with Crippen molar-refractivity contribution in [1.29, 1.82) is 0 Å². The lowest BCUT2D eigenvalue weighted by atomic mass is 10.2. The molecule has 0 bridgehead atoms. The number of nitrogens with one attached hydrogen (secondary N) is 1. The number of carbonyl (C=O) groups excluding carboxylic acids is 1. The van der Waals surface area contributed by atoms with Gasteiger partial charge in [0.2, 0.25) is 0 Å². The highest BCUT2D eigenvalue weighted by Gasteiger charge is 2.08. The fourth-order valence-electron chi connectivity index (χ4n) is 1.65. The van der Waals surface area contributed by atoms with Crippen LogP contribution in [0.25, 0.3) is 0 Å². The number of hydrogen-bond donors (Lipinski definition) is 1. The number of aryl methyl sites for hydroxylation is 1. The van der Waals surface area contributed by atoms with Crippen LogP contribution in [-0.4, -0.2) is 12.5 Å². The Kier molecular flexibility index (Phi) is 5.51. The summed E-state index contributed by atoms with van der Waals surface area (Å²) in [7, 11) is 0. The van der Waals surface area contributed by atoms with Crippen LogP contribution in [0.1, 0.15) is 5.56 Å². The van der Waals surface area contributed by atoms with Gasteiger partial charge in [-0.05, 0) is 58.7 Å². The number of rotatable bonds is 4. The summed E-state index contributed by atoms with van der Waals surface area (Å²) in [5.41, 5.74) is 1.60. The van der Waals surface area contributed by atoms with Gasteiger partial charge >= 0.3 is 0 Å². The Morgan fingerprint density at radius 3 is 2.57 bits per heavy atom. The van der Waals surface area contributed by atoms with Crippen LogP contribution < -0.4 is 10.1 Å². The molecule has 21 heavy (non-hydrogen) atoms. The molecule has 0 spiro atoms. The molecular formula is C15H12BrCl2NO2. The lowest BCUT2D eigenvalue weighted by molar-refractivity contribution is -0.118. The molecule has 2 aromatic carbocycles. The van der Waals surface area contributed by atoms with Gasteiger partial charge in [0.1, 0.15) is 5.75 Å². The molecular weight excluding hydrogens is 377 g/mol. The zero-order valence-corrected chi connectivity index (χ0v) is 14.2. The first kappa shape index (κ1) is 16.1. The average molecular weight is 389 g/mol. The van der Waals surface area contributed by atoms with Crippen molar-refractivity contribution in [2.75, 3.05) is 11.9 Å². The highest BCUT2D eigenvalue weighted by molar-refractivity contribution is 9.10. The molecule has 0 heterocycles. The van der Waals surface area contributed by atoms with E-state index < -0.39 is 0 Å². The summed E-state index contributed by atoms with van der Waals surface area (Å²) < 4.78 is 6.14. The number of carbonyl (C=O) groups is 1. The van der Waals surface area contributed by atoms with E-state index in [9.17, 15) is 4.79 Å². The molecule has 0 aliphatic rings. The lowest BCUT2D eigenvalue weighted by Crippen LogP contribution is -2.20. The quantitative estimate of drug-likeness (QED) is 0.792. The van der Waals surface area contributed by atoms with Gasteiger partial charge in [-0.2, -0.15) is 0 Å². The predicted octanol–water partition coefficient (Wildman–Crippen LogP) is 5.08. The topological polar surface area (TPSA) is 38.3 Å². The minimum atomic E-state index is -0.262. The van der Waals surface area contributed by atoms with E-state index in [1.54, 1.807) is 30.3 Å². The summed E-state index contributed by atoms with van der Waals surface area (Å²) >= 11 is 15.1. The molecule has 110 valence electrons. The van der Waals surface area contributed by atoms with E-state index >= 15 is 0 Å². The van der Waals surface area contributed by atoms with Crippen LogP contribution in [0.5, 0.6) is 5.75 Å². The van der Waals surface area contributed by atoms with Crippen LogP contribution in [0.4, 0.5) is 5.69 Å². The fourth-order valence-corrected chi connectivity index (χ4v) is 2.62. The van der Waals surface area contributed by atoms with Crippen molar-refractivity contribution in [2.45, 2.75) is 6.92 Å². The minimum absolute atomic E-state index is 0.105. The van der Waals surface area contributed by atoms with Gasteiger partial charge in [-0.15, -0.1) is 0 Å². The molecule has 0 atom stereocenters. The smallest absolute Gasteiger partial charge is 0.262 e. The molecule has 2 rings (SSSR count). The van der Waals surface area contributed by atoms with Crippen LogP contribution in [0.2, 0.25) is 10.0 Å². The van der Waals surface area contributed by atoms with E-state index in [2.05, 4.69) is 21.2 Å². The van der Waals surface area contributed by atoms with Crippen molar-refractivity contribution in [3.63, 3.8) is 0 Å². The molecule has 2 aromatic rings. The van der Waals surface area contributed by atoms with Gasteiger partial charge < -0.3 is 10.1 Å². The number of amides is 1. The van der Waals surface area contributed by atoms with Crippen molar-refractivity contribution >= 4 is 50.7 Å². The van der Waals surface area contributed by atoms with Crippen LogP contribution in [0.3, 0.4) is 0 Å². The molecule has 0 saturated heterocycles. The van der Waals surface area contributed by atoms with E-state index in [1.807, 2.05) is 13.0 Å². The third-order valence-electron chi connectivity index (χ3n) is 2.73. The summed E-state index contributed by atoms with van der Waals surface area (Å²) in [6.45, 7) is 1.79. The summed E-state index contributed by atoms with van der Waals surface area (Å²) in [6.07, 6.45) is 0. The largest absolute Gasteiger partial charge is 0.483 e. The fraction of sp³-hybridized carbons (Fsp3) is 0.133. The minimum Gasteiger partial charge on any atom is -0.483 e. The highest BCUT2D eigenvalue weighted by Crippen LogP contribution is 2.28. The SMILES string of the molecule is Cc1ccc(Cl)cc1NC(=O)COc1ccc(Cl)cc1Br. The molecule has 0 aromatic heterocycles. The first-order chi connectivity index (χ1) is 9.95. The van der Waals surface area contributed by atoms with Crippen LogP contribution in [0, 0.1) is 6.92 Å².